The second kappa shape index (κ2) is 5.60. The third-order valence-electron chi connectivity index (χ3n) is 2.72. The second-order valence-electron chi connectivity index (χ2n) is 4.76. The second-order valence-corrected chi connectivity index (χ2v) is 5.62. The van der Waals surface area contributed by atoms with Gasteiger partial charge in [0.15, 0.2) is 5.13 Å². The van der Waals surface area contributed by atoms with Crippen LogP contribution in [0.3, 0.4) is 0 Å². The zero-order valence-electron chi connectivity index (χ0n) is 10.3. The van der Waals surface area contributed by atoms with Crippen molar-refractivity contribution in [2.24, 2.45) is 0 Å². The highest BCUT2D eigenvalue weighted by Gasteiger charge is 2.20. The van der Waals surface area contributed by atoms with Crippen LogP contribution >= 0.6 is 11.3 Å². The molecule has 2 rings (SSSR count). The molecule has 0 aromatic carbocycles. The van der Waals surface area contributed by atoms with Crippen LogP contribution in [0.15, 0.2) is 5.38 Å². The Morgan fingerprint density at radius 1 is 1.59 bits per heavy atom. The number of thiazole rings is 1. The van der Waals surface area contributed by atoms with Gasteiger partial charge in [0.2, 0.25) is 5.91 Å². The average molecular weight is 253 g/mol. The molecule has 0 unspecified atom stereocenters. The van der Waals surface area contributed by atoms with Crippen molar-refractivity contribution in [3.05, 3.63) is 11.1 Å². The molecule has 1 fully saturated rings. The van der Waals surface area contributed by atoms with E-state index in [0.717, 1.165) is 12.2 Å². The van der Waals surface area contributed by atoms with Crippen LogP contribution in [0.4, 0.5) is 5.13 Å². The van der Waals surface area contributed by atoms with Gasteiger partial charge in [0, 0.05) is 24.4 Å². The summed E-state index contributed by atoms with van der Waals surface area (Å²) in [5, 5.41) is 8.87. The molecular weight excluding hydrogens is 234 g/mol. The first-order chi connectivity index (χ1) is 8.15. The van der Waals surface area contributed by atoms with Crippen LogP contribution in [0.1, 0.15) is 44.7 Å². The maximum Gasteiger partial charge on any atom is 0.227 e. The van der Waals surface area contributed by atoms with Gasteiger partial charge in [-0.15, -0.1) is 11.3 Å². The Labute approximate surface area is 106 Å². The maximum absolute atomic E-state index is 11.6. The topological polar surface area (TPSA) is 54.0 Å². The molecule has 0 atom stereocenters. The van der Waals surface area contributed by atoms with Crippen LogP contribution in [-0.2, 0) is 4.79 Å². The largest absolute Gasteiger partial charge is 0.313 e. The molecule has 0 radical (unpaired) electrons. The summed E-state index contributed by atoms with van der Waals surface area (Å²) in [4.78, 5) is 16.0. The van der Waals surface area contributed by atoms with E-state index in [-0.39, 0.29) is 5.91 Å². The fraction of sp³-hybridized carbons (Fsp3) is 0.667. The van der Waals surface area contributed by atoms with Crippen LogP contribution in [0, 0.1) is 0 Å². The van der Waals surface area contributed by atoms with E-state index in [4.69, 9.17) is 0 Å². The molecular formula is C12H19N3OS. The van der Waals surface area contributed by atoms with Gasteiger partial charge in [0.1, 0.15) is 0 Å². The van der Waals surface area contributed by atoms with E-state index in [9.17, 15) is 4.79 Å². The van der Waals surface area contributed by atoms with Gasteiger partial charge in [0.05, 0.1) is 5.69 Å². The molecule has 1 aromatic heterocycles. The minimum atomic E-state index is 0.0443. The predicted octanol–water partition coefficient (Wildman–Crippen LogP) is 2.35. The summed E-state index contributed by atoms with van der Waals surface area (Å²) in [6.07, 6.45) is 3.03. The van der Waals surface area contributed by atoms with Gasteiger partial charge in [-0.3, -0.25) is 4.79 Å². The van der Waals surface area contributed by atoms with E-state index in [1.807, 2.05) is 5.38 Å². The van der Waals surface area contributed by atoms with Crippen molar-refractivity contribution in [2.75, 3.05) is 11.9 Å². The van der Waals surface area contributed by atoms with Crippen LogP contribution in [0.5, 0.6) is 0 Å². The van der Waals surface area contributed by atoms with Gasteiger partial charge in [0.25, 0.3) is 0 Å². The minimum absolute atomic E-state index is 0.0443. The van der Waals surface area contributed by atoms with E-state index in [2.05, 4.69) is 29.5 Å². The molecule has 5 heteroatoms. The fourth-order valence-corrected chi connectivity index (χ4v) is 2.36. The Hall–Kier alpha value is -0.940. The molecule has 0 aliphatic heterocycles. The van der Waals surface area contributed by atoms with Crippen LogP contribution in [-0.4, -0.2) is 23.5 Å². The molecule has 0 spiro atoms. The van der Waals surface area contributed by atoms with Gasteiger partial charge < -0.3 is 10.6 Å². The number of amides is 1. The number of aromatic nitrogens is 1. The highest BCUT2D eigenvalue weighted by atomic mass is 32.1. The van der Waals surface area contributed by atoms with Crippen molar-refractivity contribution in [3.8, 4) is 0 Å². The Morgan fingerprint density at radius 2 is 2.35 bits per heavy atom. The van der Waals surface area contributed by atoms with Gasteiger partial charge in [-0.2, -0.15) is 0 Å². The van der Waals surface area contributed by atoms with Gasteiger partial charge in [-0.25, -0.2) is 4.98 Å². The Morgan fingerprint density at radius 3 is 2.94 bits per heavy atom. The van der Waals surface area contributed by atoms with Crippen LogP contribution in [0.25, 0.3) is 0 Å². The number of carbonyl (C=O) groups is 1. The smallest absolute Gasteiger partial charge is 0.227 e. The standard InChI is InChI=1S/C12H19N3OS/c1-8(2)10-7-17-12(14-10)15-11(16)5-6-13-9-3-4-9/h7-9,13H,3-6H2,1-2H3,(H,14,15,16). The third kappa shape index (κ3) is 4.09. The summed E-state index contributed by atoms with van der Waals surface area (Å²) in [6, 6.07) is 0.662. The fourth-order valence-electron chi connectivity index (χ4n) is 1.47. The van der Waals surface area contributed by atoms with E-state index < -0.39 is 0 Å². The zero-order valence-corrected chi connectivity index (χ0v) is 11.1. The predicted molar refractivity (Wildman–Crippen MR) is 70.5 cm³/mol. The number of rotatable bonds is 6. The number of nitrogens with zero attached hydrogens (tertiary/aromatic N) is 1. The summed E-state index contributed by atoms with van der Waals surface area (Å²) in [5.74, 6) is 0.455. The number of carbonyl (C=O) groups excluding carboxylic acids is 1. The third-order valence-corrected chi connectivity index (χ3v) is 3.50. The summed E-state index contributed by atoms with van der Waals surface area (Å²) in [6.45, 7) is 4.96. The molecule has 0 bridgehead atoms. The Bertz CT molecular complexity index is 385. The van der Waals surface area contributed by atoms with Crippen molar-refractivity contribution in [1.29, 1.82) is 0 Å². The number of nitrogens with one attached hydrogen (secondary N) is 2. The molecule has 1 aliphatic carbocycles. The molecule has 94 valence electrons. The lowest BCUT2D eigenvalue weighted by molar-refractivity contribution is -0.116. The lowest BCUT2D eigenvalue weighted by atomic mass is 10.2. The quantitative estimate of drug-likeness (QED) is 0.818. The molecule has 1 heterocycles. The van der Waals surface area contributed by atoms with Crippen LogP contribution in [0.2, 0.25) is 0 Å². The normalized spacial score (nSPS) is 15.2. The van der Waals surface area contributed by atoms with Crippen molar-refractivity contribution in [3.63, 3.8) is 0 Å². The number of anilines is 1. The van der Waals surface area contributed by atoms with E-state index >= 15 is 0 Å². The van der Waals surface area contributed by atoms with E-state index in [1.54, 1.807) is 0 Å². The lowest BCUT2D eigenvalue weighted by Gasteiger charge is -2.03. The van der Waals surface area contributed by atoms with Crippen molar-refractivity contribution < 1.29 is 4.79 Å². The van der Waals surface area contributed by atoms with Crippen molar-refractivity contribution in [1.82, 2.24) is 10.3 Å². The molecule has 1 aromatic rings. The molecule has 2 N–H and O–H groups in total. The molecule has 4 nitrogen and oxygen atoms in total. The highest BCUT2D eigenvalue weighted by Crippen LogP contribution is 2.21. The summed E-state index contributed by atoms with van der Waals surface area (Å²) in [5.41, 5.74) is 1.04. The summed E-state index contributed by atoms with van der Waals surface area (Å²) in [7, 11) is 0. The van der Waals surface area contributed by atoms with Crippen molar-refractivity contribution in [2.45, 2.75) is 45.1 Å². The van der Waals surface area contributed by atoms with Crippen molar-refractivity contribution >= 4 is 22.4 Å². The molecule has 1 amide bonds. The first-order valence-electron chi connectivity index (χ1n) is 6.14. The SMILES string of the molecule is CC(C)c1csc(NC(=O)CCNC2CC2)n1. The van der Waals surface area contributed by atoms with E-state index in [1.165, 1.54) is 24.2 Å². The van der Waals surface area contributed by atoms with Gasteiger partial charge in [-0.05, 0) is 18.8 Å². The van der Waals surface area contributed by atoms with Gasteiger partial charge >= 0.3 is 0 Å². The van der Waals surface area contributed by atoms with E-state index in [0.29, 0.717) is 23.5 Å². The monoisotopic (exact) mass is 253 g/mol. The molecule has 1 aliphatic rings. The zero-order chi connectivity index (χ0) is 12.3. The minimum Gasteiger partial charge on any atom is -0.313 e. The summed E-state index contributed by atoms with van der Waals surface area (Å²) < 4.78 is 0. The molecule has 1 saturated carbocycles. The Kier molecular flexibility index (Phi) is 4.12. The molecule has 0 saturated heterocycles. The number of hydrogen-bond acceptors (Lipinski definition) is 4. The average Bonchev–Trinajstić information content (AvgIpc) is 2.96. The highest BCUT2D eigenvalue weighted by molar-refractivity contribution is 7.13. The number of hydrogen-bond donors (Lipinski definition) is 2. The first-order valence-corrected chi connectivity index (χ1v) is 7.02. The van der Waals surface area contributed by atoms with Gasteiger partial charge in [-0.1, -0.05) is 13.8 Å². The Balaban J connectivity index is 1.72. The summed E-state index contributed by atoms with van der Waals surface area (Å²) >= 11 is 1.49. The maximum atomic E-state index is 11.6. The van der Waals surface area contributed by atoms with Crippen LogP contribution < -0.4 is 10.6 Å². The lowest BCUT2D eigenvalue weighted by Crippen LogP contribution is -2.23. The first kappa shape index (κ1) is 12.5. The molecule has 17 heavy (non-hydrogen) atoms.